The third-order valence-corrected chi connectivity index (χ3v) is 14.1. The van der Waals surface area contributed by atoms with E-state index in [1.807, 2.05) is 27.2 Å². The van der Waals surface area contributed by atoms with E-state index in [1.165, 1.54) is 225 Å². The Labute approximate surface area is 411 Å². The van der Waals surface area contributed by atoms with E-state index in [0.29, 0.717) is 17.4 Å². The van der Waals surface area contributed by atoms with Crippen molar-refractivity contribution in [2.45, 2.75) is 296 Å². The molecule has 0 bridgehead atoms. The van der Waals surface area contributed by atoms with Crippen molar-refractivity contribution in [3.8, 4) is 0 Å². The summed E-state index contributed by atoms with van der Waals surface area (Å²) in [6, 6.07) is -0.900. The molecule has 1 amide bonds. The number of nitrogens with zero attached hydrogens (tertiary/aromatic N) is 1. The molecule has 66 heavy (non-hydrogen) atoms. The Kier molecular flexibility index (Phi) is 48.2. The summed E-state index contributed by atoms with van der Waals surface area (Å²) in [5.41, 5.74) is 0. The zero-order valence-electron chi connectivity index (χ0n) is 44.7. The van der Waals surface area contributed by atoms with Gasteiger partial charge in [-0.25, -0.2) is 0 Å². The summed E-state index contributed by atoms with van der Waals surface area (Å²) in [4.78, 5) is 25.5. The molecule has 0 aliphatic carbocycles. The van der Waals surface area contributed by atoms with Gasteiger partial charge in [-0.1, -0.05) is 269 Å². The first-order valence-electron chi connectivity index (χ1n) is 28.7. The van der Waals surface area contributed by atoms with Crippen LogP contribution in [0.4, 0.5) is 0 Å². The van der Waals surface area contributed by atoms with E-state index in [1.54, 1.807) is 6.08 Å². The lowest BCUT2D eigenvalue weighted by Crippen LogP contribution is -2.45. The molecule has 0 saturated heterocycles. The molecule has 0 heterocycles. The van der Waals surface area contributed by atoms with Crippen molar-refractivity contribution in [1.29, 1.82) is 0 Å². The lowest BCUT2D eigenvalue weighted by molar-refractivity contribution is -0.870. The van der Waals surface area contributed by atoms with E-state index < -0.39 is 20.0 Å². The highest BCUT2D eigenvalue weighted by Crippen LogP contribution is 2.38. The minimum absolute atomic E-state index is 0.00375. The number of amides is 1. The van der Waals surface area contributed by atoms with Gasteiger partial charge in [0.05, 0.1) is 39.9 Å². The van der Waals surface area contributed by atoms with Gasteiger partial charge in [-0.3, -0.25) is 9.36 Å². The number of carbonyl (C=O) groups excluding carboxylic acids is 1. The number of likely N-dealkylation sites (N-methyl/N-ethyl adjacent to an activating group) is 1. The third-order valence-electron chi connectivity index (χ3n) is 13.2. The highest BCUT2D eigenvalue weighted by atomic mass is 31.2. The van der Waals surface area contributed by atoms with Crippen LogP contribution in [0.15, 0.2) is 24.3 Å². The highest BCUT2D eigenvalue weighted by molar-refractivity contribution is 7.45. The van der Waals surface area contributed by atoms with Gasteiger partial charge in [-0.05, 0) is 32.1 Å². The largest absolute Gasteiger partial charge is 0.756 e. The number of aliphatic hydroxyl groups is 1. The fraction of sp³-hybridized carbons (Fsp3) is 0.912. The molecule has 2 N–H and O–H groups in total. The molecule has 0 rings (SSSR count). The van der Waals surface area contributed by atoms with Crippen LogP contribution < -0.4 is 10.2 Å². The summed E-state index contributed by atoms with van der Waals surface area (Å²) < 4.78 is 23.3. The molecule has 8 nitrogen and oxygen atoms in total. The van der Waals surface area contributed by atoms with Gasteiger partial charge in [0, 0.05) is 6.42 Å². The summed E-state index contributed by atoms with van der Waals surface area (Å²) in [7, 11) is 1.26. The standard InChI is InChI=1S/C57H113N2O6P/c1-6-8-10-12-14-16-18-20-22-24-26-27-28-29-30-31-32-33-34-36-38-40-42-44-46-48-50-56(60)55(54-65-66(62,63)64-53-52-59(3,4)5)58-57(61)51-49-47-45-43-41-39-37-35-25-23-21-19-17-15-13-11-9-7-2/h40,42,48,50,55-56,60H,6-39,41,43-47,49,51-54H2,1-5H3,(H-,58,61,62,63)/b42-40+,50-48+. The first-order chi connectivity index (χ1) is 32.0. The Bertz CT molecular complexity index is 1130. The maximum Gasteiger partial charge on any atom is 0.268 e. The Morgan fingerprint density at radius 3 is 1.23 bits per heavy atom. The zero-order valence-corrected chi connectivity index (χ0v) is 45.6. The van der Waals surface area contributed by atoms with Gasteiger partial charge in [0.1, 0.15) is 13.2 Å². The molecule has 9 heteroatoms. The van der Waals surface area contributed by atoms with Crippen molar-refractivity contribution in [2.24, 2.45) is 0 Å². The maximum atomic E-state index is 12.9. The van der Waals surface area contributed by atoms with Crippen LogP contribution in [0.3, 0.4) is 0 Å². The zero-order chi connectivity index (χ0) is 48.5. The number of phosphoric ester groups is 1. The lowest BCUT2D eigenvalue weighted by atomic mass is 10.0. The van der Waals surface area contributed by atoms with Gasteiger partial charge < -0.3 is 28.8 Å². The molecular formula is C57H113N2O6P. The predicted molar refractivity (Wildman–Crippen MR) is 284 cm³/mol. The number of rotatable bonds is 53. The van der Waals surface area contributed by atoms with Crippen molar-refractivity contribution < 1.29 is 32.9 Å². The first kappa shape index (κ1) is 65.0. The molecule has 0 aliphatic heterocycles. The Morgan fingerprint density at radius 1 is 0.515 bits per heavy atom. The molecule has 392 valence electrons. The van der Waals surface area contributed by atoms with Crippen LogP contribution in [0.1, 0.15) is 284 Å². The monoisotopic (exact) mass is 953 g/mol. The molecule has 3 unspecified atom stereocenters. The fourth-order valence-corrected chi connectivity index (χ4v) is 9.37. The molecule has 0 spiro atoms. The molecule has 0 aromatic carbocycles. The number of hydrogen-bond donors (Lipinski definition) is 2. The van der Waals surface area contributed by atoms with E-state index in [4.69, 9.17) is 9.05 Å². The third kappa shape index (κ3) is 50.8. The van der Waals surface area contributed by atoms with Crippen molar-refractivity contribution in [1.82, 2.24) is 5.32 Å². The summed E-state index contributed by atoms with van der Waals surface area (Å²) in [6.07, 6.45) is 61.2. The quantitative estimate of drug-likeness (QED) is 0.0272. The normalized spacial score (nSPS) is 14.1. The maximum absolute atomic E-state index is 12.9. The fourth-order valence-electron chi connectivity index (χ4n) is 8.64. The van der Waals surface area contributed by atoms with E-state index in [9.17, 15) is 19.4 Å². The minimum atomic E-state index is -4.60. The van der Waals surface area contributed by atoms with Crippen molar-refractivity contribution >= 4 is 13.7 Å². The summed E-state index contributed by atoms with van der Waals surface area (Å²) in [6.45, 7) is 4.67. The van der Waals surface area contributed by atoms with Gasteiger partial charge >= 0.3 is 0 Å². The van der Waals surface area contributed by atoms with Crippen LogP contribution in [-0.2, 0) is 18.4 Å². The smallest absolute Gasteiger partial charge is 0.268 e. The van der Waals surface area contributed by atoms with E-state index >= 15 is 0 Å². The molecule has 0 saturated carbocycles. The molecule has 0 aromatic heterocycles. The number of unbranched alkanes of at least 4 members (excludes halogenated alkanes) is 38. The van der Waals surface area contributed by atoms with Gasteiger partial charge in [0.15, 0.2) is 0 Å². The molecule has 0 aliphatic rings. The van der Waals surface area contributed by atoms with E-state index in [-0.39, 0.29) is 19.1 Å². The second-order valence-corrected chi connectivity index (χ2v) is 22.4. The average Bonchev–Trinajstić information content (AvgIpc) is 3.28. The topological polar surface area (TPSA) is 108 Å². The van der Waals surface area contributed by atoms with Gasteiger partial charge in [-0.2, -0.15) is 0 Å². The van der Waals surface area contributed by atoms with Gasteiger partial charge in [-0.15, -0.1) is 0 Å². The van der Waals surface area contributed by atoms with Crippen molar-refractivity contribution in [3.63, 3.8) is 0 Å². The molecule has 0 aromatic rings. The number of allylic oxidation sites excluding steroid dienone is 3. The van der Waals surface area contributed by atoms with E-state index in [2.05, 4.69) is 31.3 Å². The number of quaternary nitrogens is 1. The summed E-state index contributed by atoms with van der Waals surface area (Å²) >= 11 is 0. The SMILES string of the molecule is CCCCCCCCCCCCCCCCCCCCCC/C=C/CC/C=C/C(O)C(COP(=O)([O-])OCC[N+](C)(C)C)NC(=O)CCCCCCCCCCCCCCCCCCCC. The molecule has 0 radical (unpaired) electrons. The van der Waals surface area contributed by atoms with Crippen LogP contribution in [0.25, 0.3) is 0 Å². The number of hydrogen-bond acceptors (Lipinski definition) is 6. The highest BCUT2D eigenvalue weighted by Gasteiger charge is 2.23. The Hall–Kier alpha value is -1.02. The predicted octanol–water partition coefficient (Wildman–Crippen LogP) is 16.6. The molecule has 3 atom stereocenters. The van der Waals surface area contributed by atoms with Crippen molar-refractivity contribution in [3.05, 3.63) is 24.3 Å². The Morgan fingerprint density at radius 2 is 0.848 bits per heavy atom. The Balaban J connectivity index is 4.22. The summed E-state index contributed by atoms with van der Waals surface area (Å²) in [5.74, 6) is -0.202. The lowest BCUT2D eigenvalue weighted by Gasteiger charge is -2.29. The molecule has 0 fully saturated rings. The van der Waals surface area contributed by atoms with Crippen LogP contribution >= 0.6 is 7.82 Å². The van der Waals surface area contributed by atoms with Crippen LogP contribution in [0.2, 0.25) is 0 Å². The second kappa shape index (κ2) is 49.0. The average molecular weight is 954 g/mol. The van der Waals surface area contributed by atoms with Gasteiger partial charge in [0.25, 0.3) is 7.82 Å². The van der Waals surface area contributed by atoms with Crippen LogP contribution in [0, 0.1) is 0 Å². The van der Waals surface area contributed by atoms with Crippen LogP contribution in [-0.4, -0.2) is 68.5 Å². The van der Waals surface area contributed by atoms with Crippen molar-refractivity contribution in [2.75, 3.05) is 40.9 Å². The van der Waals surface area contributed by atoms with Crippen LogP contribution in [0.5, 0.6) is 0 Å². The summed E-state index contributed by atoms with van der Waals surface area (Å²) in [5, 5.41) is 13.9. The van der Waals surface area contributed by atoms with Gasteiger partial charge in [0.2, 0.25) is 5.91 Å². The number of carbonyl (C=O) groups is 1. The minimum Gasteiger partial charge on any atom is -0.756 e. The first-order valence-corrected chi connectivity index (χ1v) is 30.2. The number of aliphatic hydroxyl groups excluding tert-OH is 1. The second-order valence-electron chi connectivity index (χ2n) is 21.0. The number of nitrogens with one attached hydrogen (secondary N) is 1. The molecular weight excluding hydrogens is 840 g/mol. The number of phosphoric acid groups is 1. The van der Waals surface area contributed by atoms with E-state index in [0.717, 1.165) is 38.5 Å².